The second kappa shape index (κ2) is 14.2. The lowest BCUT2D eigenvalue weighted by molar-refractivity contribution is 0.211. The van der Waals surface area contributed by atoms with Crippen LogP contribution in [-0.4, -0.2) is 11.6 Å². The number of aromatic nitrogens is 1. The van der Waals surface area contributed by atoms with Crippen LogP contribution in [0.2, 0.25) is 0 Å². The minimum atomic E-state index is 0.824. The molecule has 2 fully saturated rings. The minimum Gasteiger partial charge on any atom is -0.492 e. The third-order valence-corrected chi connectivity index (χ3v) is 8.37. The van der Waals surface area contributed by atoms with E-state index in [-0.39, 0.29) is 0 Å². The van der Waals surface area contributed by atoms with Crippen molar-refractivity contribution >= 4 is 0 Å². The van der Waals surface area contributed by atoms with Gasteiger partial charge >= 0.3 is 0 Å². The van der Waals surface area contributed by atoms with Crippen molar-refractivity contribution in [2.24, 2.45) is 23.7 Å². The number of rotatable bonds is 13. The zero-order valence-corrected chi connectivity index (χ0v) is 20.6. The van der Waals surface area contributed by atoms with E-state index < -0.39 is 0 Å². The topological polar surface area (TPSA) is 22.1 Å². The molecule has 0 amide bonds. The van der Waals surface area contributed by atoms with Crippen molar-refractivity contribution in [2.45, 2.75) is 123 Å². The molecule has 2 saturated carbocycles. The Morgan fingerprint density at radius 1 is 0.742 bits per heavy atom. The van der Waals surface area contributed by atoms with Gasteiger partial charge in [0.1, 0.15) is 5.75 Å². The molecule has 1 aromatic heterocycles. The first kappa shape index (κ1) is 24.6. The molecule has 0 aromatic carbocycles. The van der Waals surface area contributed by atoms with Crippen LogP contribution in [0.4, 0.5) is 0 Å². The van der Waals surface area contributed by atoms with Crippen molar-refractivity contribution in [3.8, 4) is 5.75 Å². The molecule has 0 N–H and O–H groups in total. The SMILES string of the molecule is CCCCCCOc1ccc(CCC2CCC(CCC3CCC(CC)CC3)CC2)nc1. The van der Waals surface area contributed by atoms with Crippen LogP contribution in [0, 0.1) is 23.7 Å². The van der Waals surface area contributed by atoms with Gasteiger partial charge in [0.15, 0.2) is 0 Å². The molecule has 3 rings (SSSR count). The van der Waals surface area contributed by atoms with E-state index in [0.717, 1.165) is 48.9 Å². The summed E-state index contributed by atoms with van der Waals surface area (Å²) in [4.78, 5) is 4.66. The lowest BCUT2D eigenvalue weighted by atomic mass is 9.74. The molecule has 0 atom stereocenters. The Morgan fingerprint density at radius 2 is 1.35 bits per heavy atom. The van der Waals surface area contributed by atoms with E-state index in [4.69, 9.17) is 4.74 Å². The monoisotopic (exact) mass is 427 g/mol. The Kier molecular flexibility index (Phi) is 11.2. The molecule has 2 heteroatoms. The number of hydrogen-bond donors (Lipinski definition) is 0. The largest absolute Gasteiger partial charge is 0.492 e. The molecule has 176 valence electrons. The van der Waals surface area contributed by atoms with Crippen molar-refractivity contribution < 1.29 is 4.74 Å². The second-order valence-electron chi connectivity index (χ2n) is 10.7. The molecule has 0 saturated heterocycles. The number of hydrogen-bond acceptors (Lipinski definition) is 2. The molecule has 2 nitrogen and oxygen atoms in total. The predicted molar refractivity (Wildman–Crippen MR) is 133 cm³/mol. The first-order valence-electron chi connectivity index (χ1n) is 13.8. The van der Waals surface area contributed by atoms with Crippen LogP contribution in [0.3, 0.4) is 0 Å². The van der Waals surface area contributed by atoms with Gasteiger partial charge < -0.3 is 4.74 Å². The van der Waals surface area contributed by atoms with E-state index in [2.05, 4.69) is 31.0 Å². The minimum absolute atomic E-state index is 0.824. The molecule has 0 spiro atoms. The average Bonchev–Trinajstić information content (AvgIpc) is 2.83. The quantitative estimate of drug-likeness (QED) is 0.293. The van der Waals surface area contributed by atoms with Gasteiger partial charge in [-0.2, -0.15) is 0 Å². The molecule has 2 aliphatic carbocycles. The number of pyridine rings is 1. The Bertz CT molecular complexity index is 567. The number of nitrogens with zero attached hydrogens (tertiary/aromatic N) is 1. The van der Waals surface area contributed by atoms with Crippen LogP contribution in [0.1, 0.15) is 122 Å². The molecule has 0 bridgehead atoms. The average molecular weight is 428 g/mol. The summed E-state index contributed by atoms with van der Waals surface area (Å²) in [5.41, 5.74) is 1.24. The van der Waals surface area contributed by atoms with Gasteiger partial charge in [0.25, 0.3) is 0 Å². The molecule has 2 aliphatic rings. The highest BCUT2D eigenvalue weighted by Crippen LogP contribution is 2.38. The lowest BCUT2D eigenvalue weighted by Gasteiger charge is -2.31. The van der Waals surface area contributed by atoms with Crippen LogP contribution in [0.15, 0.2) is 18.3 Å². The Balaban J connectivity index is 1.25. The summed E-state index contributed by atoms with van der Waals surface area (Å²) in [6, 6.07) is 4.30. The summed E-state index contributed by atoms with van der Waals surface area (Å²) in [6.45, 7) is 5.44. The van der Waals surface area contributed by atoms with E-state index in [0.29, 0.717) is 0 Å². The summed E-state index contributed by atoms with van der Waals surface area (Å²) in [7, 11) is 0. The Labute approximate surface area is 193 Å². The number of ether oxygens (including phenoxy) is 1. The van der Waals surface area contributed by atoms with Crippen molar-refractivity contribution in [3.63, 3.8) is 0 Å². The highest BCUT2D eigenvalue weighted by molar-refractivity contribution is 5.19. The van der Waals surface area contributed by atoms with Gasteiger partial charge in [-0.15, -0.1) is 0 Å². The van der Waals surface area contributed by atoms with Gasteiger partial charge in [0.2, 0.25) is 0 Å². The van der Waals surface area contributed by atoms with Crippen LogP contribution >= 0.6 is 0 Å². The maximum absolute atomic E-state index is 5.83. The third-order valence-electron chi connectivity index (χ3n) is 8.37. The van der Waals surface area contributed by atoms with Crippen molar-refractivity contribution in [1.29, 1.82) is 0 Å². The fourth-order valence-corrected chi connectivity index (χ4v) is 5.92. The highest BCUT2D eigenvalue weighted by Gasteiger charge is 2.24. The zero-order chi connectivity index (χ0) is 21.7. The zero-order valence-electron chi connectivity index (χ0n) is 20.6. The van der Waals surface area contributed by atoms with Gasteiger partial charge in [0.05, 0.1) is 12.8 Å². The first-order valence-corrected chi connectivity index (χ1v) is 13.8. The fourth-order valence-electron chi connectivity index (χ4n) is 5.92. The molecule has 1 aromatic rings. The van der Waals surface area contributed by atoms with E-state index in [1.165, 1.54) is 102 Å². The fraction of sp³-hybridized carbons (Fsp3) is 0.828. The van der Waals surface area contributed by atoms with Gasteiger partial charge in [0, 0.05) is 5.69 Å². The molecule has 0 aliphatic heterocycles. The van der Waals surface area contributed by atoms with Crippen molar-refractivity contribution in [1.82, 2.24) is 4.98 Å². The van der Waals surface area contributed by atoms with Crippen LogP contribution < -0.4 is 4.74 Å². The molecule has 31 heavy (non-hydrogen) atoms. The van der Waals surface area contributed by atoms with Crippen LogP contribution in [0.25, 0.3) is 0 Å². The molecule has 0 unspecified atom stereocenters. The number of aryl methyl sites for hydroxylation is 1. The maximum Gasteiger partial charge on any atom is 0.137 e. The predicted octanol–water partition coefficient (Wildman–Crippen LogP) is 8.78. The van der Waals surface area contributed by atoms with Gasteiger partial charge in [-0.05, 0) is 55.1 Å². The smallest absolute Gasteiger partial charge is 0.137 e. The van der Waals surface area contributed by atoms with Crippen LogP contribution in [0.5, 0.6) is 5.75 Å². The first-order chi connectivity index (χ1) is 15.3. The molecule has 0 radical (unpaired) electrons. The van der Waals surface area contributed by atoms with Gasteiger partial charge in [-0.3, -0.25) is 4.98 Å². The van der Waals surface area contributed by atoms with Crippen molar-refractivity contribution in [2.75, 3.05) is 6.61 Å². The molecular formula is C29H49NO. The second-order valence-corrected chi connectivity index (χ2v) is 10.7. The third kappa shape index (κ3) is 9.15. The Hall–Kier alpha value is -1.05. The maximum atomic E-state index is 5.83. The van der Waals surface area contributed by atoms with Gasteiger partial charge in [-0.25, -0.2) is 0 Å². The normalized spacial score (nSPS) is 26.6. The summed E-state index contributed by atoms with van der Waals surface area (Å²) >= 11 is 0. The number of unbranched alkanes of at least 4 members (excludes halogenated alkanes) is 3. The summed E-state index contributed by atoms with van der Waals surface area (Å²) < 4.78 is 5.83. The van der Waals surface area contributed by atoms with E-state index in [1.807, 2.05) is 6.20 Å². The Morgan fingerprint density at radius 3 is 1.90 bits per heavy atom. The standard InChI is InChI=1S/C29H49NO/c1-3-5-6-7-22-31-29-21-20-28(30-23-29)19-18-27-16-14-26(15-17-27)13-12-25-10-8-24(4-2)9-11-25/h20-21,23-27H,3-19,22H2,1-2H3. The van der Waals surface area contributed by atoms with Gasteiger partial charge in [-0.1, -0.05) is 104 Å². The summed E-state index contributed by atoms with van der Waals surface area (Å²) in [5.74, 6) is 4.97. The summed E-state index contributed by atoms with van der Waals surface area (Å²) in [5, 5.41) is 0. The summed E-state index contributed by atoms with van der Waals surface area (Å²) in [6.07, 6.45) is 25.7. The lowest BCUT2D eigenvalue weighted by Crippen LogP contribution is -2.18. The molecular weight excluding hydrogens is 378 g/mol. The molecule has 1 heterocycles. The van der Waals surface area contributed by atoms with Crippen LogP contribution in [-0.2, 0) is 6.42 Å². The van der Waals surface area contributed by atoms with E-state index >= 15 is 0 Å². The highest BCUT2D eigenvalue weighted by atomic mass is 16.5. The van der Waals surface area contributed by atoms with E-state index in [1.54, 1.807) is 0 Å². The van der Waals surface area contributed by atoms with Crippen molar-refractivity contribution in [3.05, 3.63) is 24.0 Å². The van der Waals surface area contributed by atoms with E-state index in [9.17, 15) is 0 Å².